The molecule has 2 amide bonds. The van der Waals surface area contributed by atoms with E-state index in [0.29, 0.717) is 11.1 Å². The zero-order chi connectivity index (χ0) is 26.1. The minimum Gasteiger partial charge on any atom is -0.465 e. The number of carbonyl (C=O) groups excluding carboxylic acids is 3. The second-order valence-corrected chi connectivity index (χ2v) is 9.34. The van der Waals surface area contributed by atoms with Gasteiger partial charge >= 0.3 is 5.97 Å². The average Bonchev–Trinajstić information content (AvgIpc) is 3.27. The molecule has 0 saturated carbocycles. The maximum Gasteiger partial charge on any atom is 0.337 e. The maximum absolute atomic E-state index is 13.0. The largest absolute Gasteiger partial charge is 0.465 e. The van der Waals surface area contributed by atoms with Crippen molar-refractivity contribution >= 4 is 40.6 Å². The Bertz CT molecular complexity index is 1460. The zero-order valence-corrected chi connectivity index (χ0v) is 20.9. The molecule has 0 unspecified atom stereocenters. The van der Waals surface area contributed by atoms with E-state index in [1.807, 2.05) is 37.5 Å². The van der Waals surface area contributed by atoms with Gasteiger partial charge in [-0.15, -0.1) is 0 Å². The minimum absolute atomic E-state index is 0.0472. The number of esters is 1. The number of ether oxygens (including phenoxy) is 1. The molecule has 0 atom stereocenters. The van der Waals surface area contributed by atoms with E-state index in [4.69, 9.17) is 4.74 Å². The van der Waals surface area contributed by atoms with Crippen molar-refractivity contribution < 1.29 is 24.0 Å². The molecule has 10 heteroatoms. The highest BCUT2D eigenvalue weighted by Gasteiger charge is 2.35. The van der Waals surface area contributed by atoms with Crippen molar-refractivity contribution in [1.29, 1.82) is 0 Å². The molecule has 9 nitrogen and oxygen atoms in total. The summed E-state index contributed by atoms with van der Waals surface area (Å²) in [7, 11) is 1.34. The van der Waals surface area contributed by atoms with Crippen molar-refractivity contribution in [1.82, 2.24) is 9.47 Å². The number of amides is 2. The van der Waals surface area contributed by atoms with E-state index in [2.05, 4.69) is 0 Å². The monoisotopic (exact) mass is 505 g/mol. The van der Waals surface area contributed by atoms with Crippen LogP contribution in [-0.2, 0) is 16.1 Å². The van der Waals surface area contributed by atoms with Crippen molar-refractivity contribution in [2.45, 2.75) is 27.3 Å². The molecule has 36 heavy (non-hydrogen) atoms. The Morgan fingerprint density at radius 1 is 1.11 bits per heavy atom. The minimum atomic E-state index is -0.516. The van der Waals surface area contributed by atoms with Gasteiger partial charge in [0.25, 0.3) is 16.8 Å². The van der Waals surface area contributed by atoms with Crippen LogP contribution in [0.4, 0.5) is 10.5 Å². The van der Waals surface area contributed by atoms with Gasteiger partial charge in [-0.1, -0.05) is 12.1 Å². The summed E-state index contributed by atoms with van der Waals surface area (Å²) in [6.45, 7) is 5.71. The lowest BCUT2D eigenvalue weighted by Crippen LogP contribution is -2.27. The molecule has 0 N–H and O–H groups in total. The number of aryl methyl sites for hydroxylation is 2. The fourth-order valence-electron chi connectivity index (χ4n) is 4.18. The van der Waals surface area contributed by atoms with Crippen LogP contribution in [-0.4, -0.2) is 38.6 Å². The lowest BCUT2D eigenvalue weighted by molar-refractivity contribution is -0.384. The highest BCUT2D eigenvalue weighted by atomic mass is 32.2. The Morgan fingerprint density at radius 3 is 2.53 bits per heavy atom. The molecular weight excluding hydrogens is 482 g/mol. The first-order chi connectivity index (χ1) is 17.1. The molecule has 3 aromatic rings. The Hall–Kier alpha value is -4.18. The van der Waals surface area contributed by atoms with Crippen molar-refractivity contribution in [3.63, 3.8) is 0 Å². The molecule has 1 aliphatic heterocycles. The quantitative estimate of drug-likeness (QED) is 0.193. The second-order valence-electron chi connectivity index (χ2n) is 8.35. The molecule has 4 rings (SSSR count). The third kappa shape index (κ3) is 4.67. The summed E-state index contributed by atoms with van der Waals surface area (Å²) in [5.74, 6) is -0.855. The van der Waals surface area contributed by atoms with Crippen LogP contribution >= 0.6 is 11.8 Å². The third-order valence-corrected chi connectivity index (χ3v) is 6.86. The Morgan fingerprint density at radius 2 is 1.86 bits per heavy atom. The van der Waals surface area contributed by atoms with Crippen LogP contribution in [0.3, 0.4) is 0 Å². The smallest absolute Gasteiger partial charge is 0.337 e. The molecule has 2 heterocycles. The number of non-ortho nitro benzene ring substituents is 1. The SMILES string of the molecule is COC(=O)c1ccc(-n2c(C)cc(/C=C3/SC(=O)N(Cc4cccc([N+](=O)[O-])c4)C3=O)c2C)c(C)c1. The molecule has 0 aliphatic carbocycles. The normalized spacial score (nSPS) is 14.6. The standard InChI is InChI=1S/C26H23N3O6S/c1-15-10-19(25(31)35-4)8-9-22(15)28-16(2)11-20(17(28)3)13-23-24(30)27(26(32)36-23)14-18-6-5-7-21(12-18)29(33)34/h5-13H,14H2,1-4H3/b23-13+. The Kier molecular flexibility index (Phi) is 6.80. The number of hydrogen-bond acceptors (Lipinski definition) is 7. The van der Waals surface area contributed by atoms with E-state index in [0.717, 1.165) is 44.9 Å². The molecule has 0 spiro atoms. The van der Waals surface area contributed by atoms with Gasteiger partial charge in [0.1, 0.15) is 0 Å². The molecular formula is C26H23N3O6S. The van der Waals surface area contributed by atoms with Crippen LogP contribution in [0.2, 0.25) is 0 Å². The molecule has 184 valence electrons. The number of methoxy groups -OCH3 is 1. The van der Waals surface area contributed by atoms with E-state index in [1.54, 1.807) is 24.3 Å². The van der Waals surface area contributed by atoms with Crippen molar-refractivity contribution in [3.05, 3.63) is 97.2 Å². The zero-order valence-electron chi connectivity index (χ0n) is 20.1. The Labute approximate surface area is 211 Å². The van der Waals surface area contributed by atoms with Crippen LogP contribution in [0, 0.1) is 30.9 Å². The molecule has 0 radical (unpaired) electrons. The summed E-state index contributed by atoms with van der Waals surface area (Å²) < 4.78 is 6.82. The lowest BCUT2D eigenvalue weighted by atomic mass is 10.1. The molecule has 1 fully saturated rings. The number of nitrogens with zero attached hydrogens (tertiary/aromatic N) is 3. The van der Waals surface area contributed by atoms with Crippen LogP contribution in [0.5, 0.6) is 0 Å². The van der Waals surface area contributed by atoms with Crippen LogP contribution in [0.25, 0.3) is 11.8 Å². The van der Waals surface area contributed by atoms with Gasteiger partial charge in [0.2, 0.25) is 0 Å². The molecule has 1 aliphatic rings. The first-order valence-electron chi connectivity index (χ1n) is 11.0. The van der Waals surface area contributed by atoms with Gasteiger partial charge in [-0.25, -0.2) is 4.79 Å². The summed E-state index contributed by atoms with van der Waals surface area (Å²) in [5.41, 5.74) is 5.19. The third-order valence-electron chi connectivity index (χ3n) is 5.95. The number of thioether (sulfide) groups is 1. The van der Waals surface area contributed by atoms with Crippen LogP contribution < -0.4 is 0 Å². The fourth-order valence-corrected chi connectivity index (χ4v) is 5.01. The number of benzene rings is 2. The van der Waals surface area contributed by atoms with Gasteiger partial charge in [0, 0.05) is 29.2 Å². The predicted octanol–water partition coefficient (Wildman–Crippen LogP) is 5.33. The number of rotatable bonds is 6. The van der Waals surface area contributed by atoms with Gasteiger partial charge in [-0.3, -0.25) is 24.6 Å². The number of hydrogen-bond donors (Lipinski definition) is 0. The summed E-state index contributed by atoms with van der Waals surface area (Å²) in [6.07, 6.45) is 1.69. The average molecular weight is 506 g/mol. The number of carbonyl (C=O) groups is 3. The van der Waals surface area contributed by atoms with E-state index in [1.165, 1.54) is 25.3 Å². The van der Waals surface area contributed by atoms with Gasteiger partial charge in [0.15, 0.2) is 0 Å². The number of nitro groups is 1. The lowest BCUT2D eigenvalue weighted by Gasteiger charge is -2.14. The van der Waals surface area contributed by atoms with Gasteiger partial charge < -0.3 is 9.30 Å². The highest BCUT2D eigenvalue weighted by molar-refractivity contribution is 8.18. The Balaban J connectivity index is 1.62. The predicted molar refractivity (Wildman–Crippen MR) is 136 cm³/mol. The highest BCUT2D eigenvalue weighted by Crippen LogP contribution is 2.35. The van der Waals surface area contributed by atoms with E-state index in [-0.39, 0.29) is 17.1 Å². The summed E-state index contributed by atoms with van der Waals surface area (Å²) in [4.78, 5) is 49.4. The number of aromatic nitrogens is 1. The first kappa shape index (κ1) is 24.9. The van der Waals surface area contributed by atoms with Gasteiger partial charge in [-0.2, -0.15) is 0 Å². The molecule has 1 aromatic heterocycles. The van der Waals surface area contributed by atoms with Crippen molar-refractivity contribution in [2.75, 3.05) is 7.11 Å². The van der Waals surface area contributed by atoms with Gasteiger partial charge in [0.05, 0.1) is 29.0 Å². The van der Waals surface area contributed by atoms with Crippen molar-refractivity contribution in [2.24, 2.45) is 0 Å². The molecule has 2 aromatic carbocycles. The van der Waals surface area contributed by atoms with E-state index < -0.39 is 22.0 Å². The first-order valence-corrected chi connectivity index (χ1v) is 11.8. The van der Waals surface area contributed by atoms with Gasteiger partial charge in [-0.05, 0) is 79.6 Å². The topological polar surface area (TPSA) is 112 Å². The summed E-state index contributed by atoms with van der Waals surface area (Å²) in [5, 5.41) is 10.6. The number of imide groups is 1. The molecule has 0 bridgehead atoms. The van der Waals surface area contributed by atoms with Crippen LogP contribution in [0.15, 0.2) is 53.4 Å². The second kappa shape index (κ2) is 9.82. The van der Waals surface area contributed by atoms with E-state index >= 15 is 0 Å². The molecule has 1 saturated heterocycles. The maximum atomic E-state index is 13.0. The van der Waals surface area contributed by atoms with Crippen LogP contribution in [0.1, 0.15) is 38.4 Å². The number of nitro benzene ring substituents is 1. The van der Waals surface area contributed by atoms with Crippen molar-refractivity contribution in [3.8, 4) is 5.69 Å². The summed E-state index contributed by atoms with van der Waals surface area (Å²) >= 11 is 0.841. The summed E-state index contributed by atoms with van der Waals surface area (Å²) in [6, 6.07) is 13.1. The fraction of sp³-hybridized carbons (Fsp3) is 0.192. The van der Waals surface area contributed by atoms with E-state index in [9.17, 15) is 24.5 Å².